The lowest BCUT2D eigenvalue weighted by Crippen LogP contribution is -2.32. The van der Waals surface area contributed by atoms with E-state index in [1.54, 1.807) is 24.4 Å². The van der Waals surface area contributed by atoms with Crippen LogP contribution in [0.25, 0.3) is 0 Å². The number of hydrogen-bond donors (Lipinski definition) is 0. The van der Waals surface area contributed by atoms with Crippen LogP contribution in [0, 0.1) is 17.1 Å². The third kappa shape index (κ3) is 4.03. The topological polar surface area (TPSA) is 57.0 Å². The van der Waals surface area contributed by atoms with Crippen LogP contribution in [-0.2, 0) is 6.54 Å². The van der Waals surface area contributed by atoms with Crippen LogP contribution in [0.15, 0.2) is 42.6 Å². The smallest absolute Gasteiger partial charge is 0.257 e. The number of carbonyl (C=O) groups excluding carboxylic acids is 1. The highest BCUT2D eigenvalue weighted by Crippen LogP contribution is 2.17. The third-order valence-electron chi connectivity index (χ3n) is 3.02. The van der Waals surface area contributed by atoms with Crippen molar-refractivity contribution in [2.24, 2.45) is 0 Å². The average Bonchev–Trinajstić information content (AvgIpc) is 2.52. The Bertz CT molecular complexity index is 700. The minimum atomic E-state index is -0.680. The lowest BCUT2D eigenvalue weighted by Gasteiger charge is -2.21. The Morgan fingerprint density at radius 1 is 1.36 bits per heavy atom. The Hall–Kier alpha value is -2.45. The van der Waals surface area contributed by atoms with E-state index >= 15 is 0 Å². The van der Waals surface area contributed by atoms with Crippen LogP contribution in [0.5, 0.6) is 0 Å². The molecule has 0 aliphatic heterocycles. The predicted molar refractivity (Wildman–Crippen MR) is 80.6 cm³/mol. The summed E-state index contributed by atoms with van der Waals surface area (Å²) in [5, 5.41) is 8.95. The summed E-state index contributed by atoms with van der Waals surface area (Å²) >= 11 is 5.70. The van der Waals surface area contributed by atoms with Gasteiger partial charge in [0.15, 0.2) is 0 Å². The van der Waals surface area contributed by atoms with Gasteiger partial charge in [-0.15, -0.1) is 0 Å². The van der Waals surface area contributed by atoms with Crippen molar-refractivity contribution >= 4 is 17.5 Å². The molecule has 0 atom stereocenters. The highest BCUT2D eigenvalue weighted by molar-refractivity contribution is 6.30. The molecule has 1 amide bonds. The van der Waals surface area contributed by atoms with Gasteiger partial charge in [-0.2, -0.15) is 5.26 Å². The van der Waals surface area contributed by atoms with Crippen LogP contribution in [-0.4, -0.2) is 22.3 Å². The van der Waals surface area contributed by atoms with Crippen molar-refractivity contribution in [1.29, 1.82) is 5.26 Å². The quantitative estimate of drug-likeness (QED) is 0.849. The molecular formula is C16H13ClFN3O. The molecule has 0 saturated carbocycles. The van der Waals surface area contributed by atoms with Crippen molar-refractivity contribution in [2.75, 3.05) is 6.54 Å². The zero-order valence-corrected chi connectivity index (χ0v) is 12.4. The second kappa shape index (κ2) is 7.53. The van der Waals surface area contributed by atoms with Gasteiger partial charge in [-0.3, -0.25) is 9.78 Å². The molecule has 0 radical (unpaired) electrons. The van der Waals surface area contributed by atoms with E-state index in [4.69, 9.17) is 16.9 Å². The van der Waals surface area contributed by atoms with Gasteiger partial charge < -0.3 is 4.90 Å². The Labute approximate surface area is 132 Å². The first-order valence-corrected chi connectivity index (χ1v) is 7.01. The fourth-order valence-electron chi connectivity index (χ4n) is 1.96. The highest BCUT2D eigenvalue weighted by atomic mass is 35.5. The number of nitriles is 1. The van der Waals surface area contributed by atoms with E-state index < -0.39 is 11.7 Å². The molecule has 1 aromatic carbocycles. The molecule has 22 heavy (non-hydrogen) atoms. The number of halogens is 2. The van der Waals surface area contributed by atoms with Crippen LogP contribution < -0.4 is 0 Å². The Morgan fingerprint density at radius 3 is 2.82 bits per heavy atom. The van der Waals surface area contributed by atoms with Gasteiger partial charge in [0.2, 0.25) is 0 Å². The van der Waals surface area contributed by atoms with Gasteiger partial charge in [-0.25, -0.2) is 4.39 Å². The van der Waals surface area contributed by atoms with Crippen molar-refractivity contribution in [3.05, 3.63) is 64.7 Å². The molecule has 112 valence electrons. The second-order valence-electron chi connectivity index (χ2n) is 4.58. The molecule has 4 nitrogen and oxygen atoms in total. The maximum absolute atomic E-state index is 13.9. The number of hydrogen-bond acceptors (Lipinski definition) is 3. The Morgan fingerprint density at radius 2 is 2.18 bits per heavy atom. The summed E-state index contributed by atoms with van der Waals surface area (Å²) in [6, 6.07) is 11.2. The number of rotatable bonds is 5. The Balaban J connectivity index is 2.24. The van der Waals surface area contributed by atoms with Crippen LogP contribution in [0.4, 0.5) is 4.39 Å². The number of benzene rings is 1. The maximum Gasteiger partial charge on any atom is 0.257 e. The van der Waals surface area contributed by atoms with Gasteiger partial charge in [-0.05, 0) is 30.3 Å². The molecular weight excluding hydrogens is 305 g/mol. The minimum Gasteiger partial charge on any atom is -0.332 e. The number of nitrogens with zero attached hydrogens (tertiary/aromatic N) is 3. The first-order valence-electron chi connectivity index (χ1n) is 6.63. The zero-order chi connectivity index (χ0) is 15.9. The lowest BCUT2D eigenvalue weighted by atomic mass is 10.1. The van der Waals surface area contributed by atoms with Crippen LogP contribution in [0.2, 0.25) is 5.02 Å². The molecule has 2 rings (SSSR count). The standard InChI is InChI=1S/C16H13ClFN3O/c17-12-5-6-14(15(18)10-12)16(22)21(9-3-7-19)11-13-4-1-2-8-20-13/h1-2,4-6,8,10H,3,9,11H2. The van der Waals surface area contributed by atoms with E-state index in [1.165, 1.54) is 17.0 Å². The third-order valence-corrected chi connectivity index (χ3v) is 3.26. The molecule has 2 aromatic rings. The number of amides is 1. The predicted octanol–water partition coefficient (Wildman–Crippen LogP) is 3.43. The van der Waals surface area contributed by atoms with Crippen LogP contribution in [0.1, 0.15) is 22.5 Å². The van der Waals surface area contributed by atoms with E-state index in [2.05, 4.69) is 4.98 Å². The fourth-order valence-corrected chi connectivity index (χ4v) is 2.12. The SMILES string of the molecule is N#CCCN(Cc1ccccn1)C(=O)c1ccc(Cl)cc1F. The lowest BCUT2D eigenvalue weighted by molar-refractivity contribution is 0.0740. The van der Waals surface area contributed by atoms with Gasteiger partial charge in [0.1, 0.15) is 5.82 Å². The summed E-state index contributed by atoms with van der Waals surface area (Å²) in [5.74, 6) is -1.17. The van der Waals surface area contributed by atoms with E-state index in [0.717, 1.165) is 6.07 Å². The molecule has 0 spiro atoms. The highest BCUT2D eigenvalue weighted by Gasteiger charge is 2.20. The second-order valence-corrected chi connectivity index (χ2v) is 5.02. The monoisotopic (exact) mass is 317 g/mol. The first-order chi connectivity index (χ1) is 10.6. The van der Waals surface area contributed by atoms with Crippen LogP contribution >= 0.6 is 11.6 Å². The van der Waals surface area contributed by atoms with E-state index in [0.29, 0.717) is 5.69 Å². The summed E-state index contributed by atoms with van der Waals surface area (Å²) in [6.07, 6.45) is 1.78. The van der Waals surface area contributed by atoms with Gasteiger partial charge in [0, 0.05) is 17.8 Å². The van der Waals surface area contributed by atoms with E-state index in [1.807, 2.05) is 6.07 Å². The molecule has 1 heterocycles. The summed E-state index contributed by atoms with van der Waals surface area (Å²) in [4.78, 5) is 18.0. The molecule has 1 aromatic heterocycles. The largest absolute Gasteiger partial charge is 0.332 e. The molecule has 0 aliphatic rings. The van der Waals surface area contributed by atoms with Gasteiger partial charge in [0.05, 0.1) is 30.3 Å². The van der Waals surface area contributed by atoms with Crippen molar-refractivity contribution in [1.82, 2.24) is 9.88 Å². The summed E-state index contributed by atoms with van der Waals surface area (Å²) < 4.78 is 13.9. The maximum atomic E-state index is 13.9. The average molecular weight is 318 g/mol. The molecule has 0 saturated heterocycles. The number of carbonyl (C=O) groups is 1. The van der Waals surface area contributed by atoms with Crippen molar-refractivity contribution < 1.29 is 9.18 Å². The summed E-state index contributed by atoms with van der Waals surface area (Å²) in [5.41, 5.74) is 0.599. The van der Waals surface area contributed by atoms with Crippen LogP contribution in [0.3, 0.4) is 0 Å². The molecule has 0 bridgehead atoms. The van der Waals surface area contributed by atoms with E-state index in [9.17, 15) is 9.18 Å². The first kappa shape index (κ1) is 15.9. The summed E-state index contributed by atoms with van der Waals surface area (Å²) in [7, 11) is 0. The number of aromatic nitrogens is 1. The molecule has 0 fully saturated rings. The molecule has 6 heteroatoms. The van der Waals surface area contributed by atoms with Crippen molar-refractivity contribution in [2.45, 2.75) is 13.0 Å². The van der Waals surface area contributed by atoms with E-state index in [-0.39, 0.29) is 30.1 Å². The van der Waals surface area contributed by atoms with Gasteiger partial charge >= 0.3 is 0 Å². The fraction of sp³-hybridized carbons (Fsp3) is 0.188. The molecule has 0 unspecified atom stereocenters. The Kier molecular flexibility index (Phi) is 5.45. The van der Waals surface area contributed by atoms with Crippen molar-refractivity contribution in [3.8, 4) is 6.07 Å². The van der Waals surface area contributed by atoms with Gasteiger partial charge in [0.25, 0.3) is 5.91 Å². The normalized spacial score (nSPS) is 10.0. The van der Waals surface area contributed by atoms with Crippen molar-refractivity contribution in [3.63, 3.8) is 0 Å². The number of pyridine rings is 1. The summed E-state index contributed by atoms with van der Waals surface area (Å²) in [6.45, 7) is 0.414. The zero-order valence-electron chi connectivity index (χ0n) is 11.7. The molecule has 0 aliphatic carbocycles. The molecule has 0 N–H and O–H groups in total. The minimum absolute atomic E-state index is 0.0710. The van der Waals surface area contributed by atoms with Gasteiger partial charge in [-0.1, -0.05) is 17.7 Å².